The molecule has 11 heteroatoms. The zero-order chi connectivity index (χ0) is 19.8. The third-order valence-corrected chi connectivity index (χ3v) is 6.08. The van der Waals surface area contributed by atoms with Gasteiger partial charge in [-0.25, -0.2) is 9.59 Å². The maximum Gasteiger partial charge on any atom is 0.410 e. The van der Waals surface area contributed by atoms with E-state index in [4.69, 9.17) is 9.47 Å². The SMILES string of the molecule is CCOC(=O)NC1(NC(=O)OCC)C2=CCCN2C(=O)c2cc(Br)c(Br)n21. The summed E-state index contributed by atoms with van der Waals surface area (Å²) >= 11 is 6.81. The number of rotatable bonds is 4. The molecule has 3 amide bonds. The molecule has 3 heterocycles. The molecule has 146 valence electrons. The minimum absolute atomic E-state index is 0.145. The molecule has 3 rings (SSSR count). The number of carbonyl (C=O) groups excluding carboxylic acids is 3. The van der Waals surface area contributed by atoms with Crippen molar-refractivity contribution in [2.45, 2.75) is 26.1 Å². The predicted molar refractivity (Wildman–Crippen MR) is 102 cm³/mol. The average Bonchev–Trinajstić information content (AvgIpc) is 3.20. The van der Waals surface area contributed by atoms with Crippen molar-refractivity contribution in [2.24, 2.45) is 0 Å². The summed E-state index contributed by atoms with van der Waals surface area (Å²) in [5.74, 6) is -1.83. The van der Waals surface area contributed by atoms with E-state index in [0.29, 0.717) is 27.7 Å². The Morgan fingerprint density at radius 3 is 2.33 bits per heavy atom. The molecular formula is C16H18Br2N4O5. The summed E-state index contributed by atoms with van der Waals surface area (Å²) in [4.78, 5) is 39.1. The summed E-state index contributed by atoms with van der Waals surface area (Å²) in [5.41, 5.74) is 0.700. The van der Waals surface area contributed by atoms with Crippen LogP contribution in [0.5, 0.6) is 0 Å². The molecule has 0 aromatic carbocycles. The van der Waals surface area contributed by atoms with Crippen LogP contribution in [0.3, 0.4) is 0 Å². The van der Waals surface area contributed by atoms with Gasteiger partial charge in [-0.15, -0.1) is 0 Å². The number of ether oxygens (including phenoxy) is 2. The van der Waals surface area contributed by atoms with E-state index in [2.05, 4.69) is 42.5 Å². The van der Waals surface area contributed by atoms with Gasteiger partial charge in [0.15, 0.2) is 0 Å². The molecule has 0 fully saturated rings. The number of nitrogens with one attached hydrogen (secondary N) is 2. The van der Waals surface area contributed by atoms with Crippen LogP contribution in [0.1, 0.15) is 30.8 Å². The topological polar surface area (TPSA) is 102 Å². The lowest BCUT2D eigenvalue weighted by Gasteiger charge is -2.44. The van der Waals surface area contributed by atoms with Crippen LogP contribution < -0.4 is 10.6 Å². The molecule has 9 nitrogen and oxygen atoms in total. The first-order chi connectivity index (χ1) is 12.9. The fourth-order valence-electron chi connectivity index (χ4n) is 3.21. The van der Waals surface area contributed by atoms with Gasteiger partial charge in [0.05, 0.1) is 23.4 Å². The molecule has 0 atom stereocenters. The van der Waals surface area contributed by atoms with Gasteiger partial charge in [-0.2, -0.15) is 0 Å². The molecule has 1 aromatic heterocycles. The summed E-state index contributed by atoms with van der Waals surface area (Å²) in [6.07, 6.45) is 0.874. The molecule has 27 heavy (non-hydrogen) atoms. The van der Waals surface area contributed by atoms with E-state index in [1.54, 1.807) is 26.0 Å². The van der Waals surface area contributed by atoms with Crippen molar-refractivity contribution in [3.8, 4) is 0 Å². The van der Waals surface area contributed by atoms with Crippen LogP contribution in [0, 0.1) is 0 Å². The largest absolute Gasteiger partial charge is 0.450 e. The Bertz CT molecular complexity index is 815. The van der Waals surface area contributed by atoms with Crippen molar-refractivity contribution in [3.63, 3.8) is 0 Å². The minimum Gasteiger partial charge on any atom is -0.450 e. The molecule has 0 unspecified atom stereocenters. The van der Waals surface area contributed by atoms with E-state index in [-0.39, 0.29) is 24.8 Å². The van der Waals surface area contributed by atoms with Crippen molar-refractivity contribution >= 4 is 50.0 Å². The molecule has 0 saturated heterocycles. The van der Waals surface area contributed by atoms with Crippen molar-refractivity contribution in [2.75, 3.05) is 19.8 Å². The quantitative estimate of drug-likeness (QED) is 0.612. The Balaban J connectivity index is 2.21. The van der Waals surface area contributed by atoms with Crippen molar-refractivity contribution in [1.29, 1.82) is 0 Å². The lowest BCUT2D eigenvalue weighted by atomic mass is 10.1. The van der Waals surface area contributed by atoms with Gasteiger partial charge in [0.1, 0.15) is 10.3 Å². The van der Waals surface area contributed by atoms with Gasteiger partial charge in [-0.3, -0.25) is 20.0 Å². The summed E-state index contributed by atoms with van der Waals surface area (Å²) in [6.45, 7) is 4.07. The van der Waals surface area contributed by atoms with Gasteiger partial charge >= 0.3 is 12.2 Å². The molecule has 2 aliphatic heterocycles. The second-order valence-corrected chi connectivity index (χ2v) is 7.35. The maximum absolute atomic E-state index is 12.9. The average molecular weight is 506 g/mol. The molecule has 0 aliphatic carbocycles. The highest BCUT2D eigenvalue weighted by molar-refractivity contribution is 9.13. The van der Waals surface area contributed by atoms with Crippen LogP contribution in [-0.2, 0) is 15.3 Å². The Kier molecular flexibility index (Phi) is 5.52. The van der Waals surface area contributed by atoms with Crippen LogP contribution >= 0.6 is 31.9 Å². The zero-order valence-electron chi connectivity index (χ0n) is 14.7. The molecule has 0 saturated carbocycles. The van der Waals surface area contributed by atoms with E-state index in [1.165, 1.54) is 9.47 Å². The highest BCUT2D eigenvalue weighted by Crippen LogP contribution is 2.42. The number of nitrogens with zero attached hydrogens (tertiary/aromatic N) is 2. The number of hydrogen-bond acceptors (Lipinski definition) is 5. The lowest BCUT2D eigenvalue weighted by molar-refractivity contribution is 0.0549. The van der Waals surface area contributed by atoms with Crippen LogP contribution in [0.2, 0.25) is 0 Å². The van der Waals surface area contributed by atoms with Crippen LogP contribution in [0.25, 0.3) is 0 Å². The van der Waals surface area contributed by atoms with E-state index in [1.807, 2.05) is 0 Å². The third kappa shape index (κ3) is 3.22. The Labute approximate surface area is 172 Å². The predicted octanol–water partition coefficient (Wildman–Crippen LogP) is 2.86. The van der Waals surface area contributed by atoms with Crippen molar-refractivity contribution < 1.29 is 23.9 Å². The fraction of sp³-hybridized carbons (Fsp3) is 0.438. The number of fused-ring (bicyclic) bond motifs is 2. The van der Waals surface area contributed by atoms with Crippen molar-refractivity contribution in [1.82, 2.24) is 20.1 Å². The second kappa shape index (κ2) is 7.55. The molecule has 2 aliphatic rings. The first kappa shape index (κ1) is 19.7. The molecule has 0 spiro atoms. The zero-order valence-corrected chi connectivity index (χ0v) is 17.8. The van der Waals surface area contributed by atoms with E-state index in [9.17, 15) is 14.4 Å². The van der Waals surface area contributed by atoms with Crippen LogP contribution in [0.15, 0.2) is 26.9 Å². The van der Waals surface area contributed by atoms with E-state index < -0.39 is 18.0 Å². The first-order valence-corrected chi connectivity index (χ1v) is 9.93. The van der Waals surface area contributed by atoms with Gasteiger partial charge < -0.3 is 14.4 Å². The molecule has 2 N–H and O–H groups in total. The standard InChI is InChI=1S/C16H18Br2N4O5/c1-3-26-14(24)19-16(20-15(25)27-4-2)11-6-5-7-21(11)13(23)10-8-9(17)12(18)22(10)16/h6,8H,3-5,7H2,1-2H3,(H,19,24)(H,20,25). The number of hydrogen-bond donors (Lipinski definition) is 2. The number of amides is 3. The van der Waals surface area contributed by atoms with Gasteiger partial charge in [0.25, 0.3) is 5.91 Å². The van der Waals surface area contributed by atoms with Gasteiger partial charge in [-0.05, 0) is 58.2 Å². The molecule has 0 radical (unpaired) electrons. The summed E-state index contributed by atoms with van der Waals surface area (Å²) in [7, 11) is 0. The number of alkyl carbamates (subject to hydrolysis) is 2. The summed E-state index contributed by atoms with van der Waals surface area (Å²) in [5, 5.41) is 5.40. The van der Waals surface area contributed by atoms with E-state index >= 15 is 0 Å². The van der Waals surface area contributed by atoms with Gasteiger partial charge in [-0.1, -0.05) is 6.08 Å². The third-order valence-electron chi connectivity index (χ3n) is 4.17. The Hall–Kier alpha value is -2.01. The monoisotopic (exact) mass is 504 g/mol. The number of halogens is 2. The maximum atomic E-state index is 12.9. The second-order valence-electron chi connectivity index (χ2n) is 5.74. The summed E-state index contributed by atoms with van der Waals surface area (Å²) < 4.78 is 12.6. The van der Waals surface area contributed by atoms with Crippen LogP contribution in [-0.4, -0.2) is 47.3 Å². The lowest BCUT2D eigenvalue weighted by Crippen LogP contribution is -2.68. The highest BCUT2D eigenvalue weighted by Gasteiger charge is 2.52. The highest BCUT2D eigenvalue weighted by atomic mass is 79.9. The normalized spacial score (nSPS) is 17.0. The summed E-state index contributed by atoms with van der Waals surface area (Å²) in [6, 6.07) is 1.62. The Morgan fingerprint density at radius 2 is 1.78 bits per heavy atom. The van der Waals surface area contributed by atoms with Crippen molar-refractivity contribution in [3.05, 3.63) is 32.6 Å². The van der Waals surface area contributed by atoms with Gasteiger partial charge in [0.2, 0.25) is 5.79 Å². The smallest absolute Gasteiger partial charge is 0.410 e. The fourth-order valence-corrected chi connectivity index (χ4v) is 4.18. The van der Waals surface area contributed by atoms with Crippen LogP contribution in [0.4, 0.5) is 9.59 Å². The van der Waals surface area contributed by atoms with E-state index in [0.717, 1.165) is 0 Å². The van der Waals surface area contributed by atoms with Gasteiger partial charge in [0, 0.05) is 6.54 Å². The minimum atomic E-state index is -1.59. The first-order valence-electron chi connectivity index (χ1n) is 8.35. The number of carbonyl (C=O) groups is 3. The Morgan fingerprint density at radius 1 is 1.19 bits per heavy atom. The molecular weight excluding hydrogens is 488 g/mol. The number of aromatic nitrogens is 1. The molecule has 0 bridgehead atoms. The molecule has 1 aromatic rings.